The number of carbonyl (C=O) groups excluding carboxylic acids is 2. The van der Waals surface area contributed by atoms with Crippen LogP contribution in [0.5, 0.6) is 0 Å². The van der Waals surface area contributed by atoms with E-state index in [1.165, 1.54) is 12.1 Å². The molecule has 0 aliphatic carbocycles. The van der Waals surface area contributed by atoms with E-state index < -0.39 is 5.82 Å². The number of hydrogen-bond donors (Lipinski definition) is 1. The summed E-state index contributed by atoms with van der Waals surface area (Å²) in [6.45, 7) is 3.09. The average Bonchev–Trinajstić information content (AvgIpc) is 2.93. The number of rotatable bonds is 2. The highest BCUT2D eigenvalue weighted by Gasteiger charge is 2.30. The van der Waals surface area contributed by atoms with Crippen LogP contribution in [0.2, 0.25) is 0 Å². The zero-order chi connectivity index (χ0) is 16.6. The molecule has 2 saturated heterocycles. The molecular weight excluding hydrogens is 297 g/mol. The van der Waals surface area contributed by atoms with Crippen molar-refractivity contribution in [3.63, 3.8) is 0 Å². The number of nitrogens with two attached hydrogens (primary N) is 1. The van der Waals surface area contributed by atoms with Gasteiger partial charge in [0.25, 0.3) is 5.91 Å². The number of carbonyl (C=O) groups is 2. The Morgan fingerprint density at radius 2 is 2.13 bits per heavy atom. The molecule has 0 bridgehead atoms. The molecule has 1 aromatic carbocycles. The van der Waals surface area contributed by atoms with E-state index in [2.05, 4.69) is 0 Å². The minimum atomic E-state index is -0.549. The number of halogens is 1. The molecule has 2 amide bonds. The van der Waals surface area contributed by atoms with E-state index in [-0.39, 0.29) is 29.5 Å². The minimum absolute atomic E-state index is 0.0114. The Labute approximate surface area is 135 Å². The number of amides is 2. The fourth-order valence-corrected chi connectivity index (χ4v) is 3.43. The minimum Gasteiger partial charge on any atom is -0.336 e. The molecule has 124 valence electrons. The number of benzene rings is 1. The highest BCUT2D eigenvalue weighted by atomic mass is 19.1. The molecule has 0 spiro atoms. The summed E-state index contributed by atoms with van der Waals surface area (Å²) in [5.74, 6) is -0.852. The van der Waals surface area contributed by atoms with Crippen LogP contribution in [0.25, 0.3) is 0 Å². The molecule has 23 heavy (non-hydrogen) atoms. The second kappa shape index (κ2) is 6.28. The Morgan fingerprint density at radius 3 is 2.78 bits per heavy atom. The first kappa shape index (κ1) is 15.9. The molecule has 2 heterocycles. The van der Waals surface area contributed by atoms with E-state index in [1.807, 2.05) is 6.92 Å². The molecule has 6 heteroatoms. The maximum Gasteiger partial charge on any atom is 0.257 e. The molecule has 3 rings (SSSR count). The standard InChI is InChI=1S/C17H22FN3O2/c1-11-9-12(19)6-8-20(11)17(23)14-10-13(4-5-15(14)18)21-7-2-3-16(21)22/h4-5,10-12H,2-3,6-9,19H2,1H3. The van der Waals surface area contributed by atoms with Crippen LogP contribution in [-0.4, -0.2) is 41.9 Å². The Morgan fingerprint density at radius 1 is 1.35 bits per heavy atom. The zero-order valence-electron chi connectivity index (χ0n) is 13.3. The maximum atomic E-state index is 14.2. The number of hydrogen-bond acceptors (Lipinski definition) is 3. The third-order valence-corrected chi connectivity index (χ3v) is 4.74. The lowest BCUT2D eigenvalue weighted by atomic mass is 9.98. The summed E-state index contributed by atoms with van der Waals surface area (Å²) in [6, 6.07) is 4.41. The van der Waals surface area contributed by atoms with Crippen molar-refractivity contribution in [2.24, 2.45) is 5.73 Å². The summed E-state index contributed by atoms with van der Waals surface area (Å²) in [5, 5.41) is 0. The zero-order valence-corrected chi connectivity index (χ0v) is 13.3. The predicted octanol–water partition coefficient (Wildman–Crippen LogP) is 1.90. The Balaban J connectivity index is 1.86. The quantitative estimate of drug-likeness (QED) is 0.905. The summed E-state index contributed by atoms with van der Waals surface area (Å²) < 4.78 is 14.2. The van der Waals surface area contributed by atoms with Gasteiger partial charge in [-0.15, -0.1) is 0 Å². The third-order valence-electron chi connectivity index (χ3n) is 4.74. The van der Waals surface area contributed by atoms with Gasteiger partial charge in [0.2, 0.25) is 5.91 Å². The lowest BCUT2D eigenvalue weighted by Crippen LogP contribution is -2.48. The normalized spacial score (nSPS) is 25.1. The first-order chi connectivity index (χ1) is 11.0. The van der Waals surface area contributed by atoms with Crippen molar-refractivity contribution in [1.82, 2.24) is 4.90 Å². The van der Waals surface area contributed by atoms with Crippen molar-refractivity contribution in [1.29, 1.82) is 0 Å². The number of anilines is 1. The topological polar surface area (TPSA) is 66.6 Å². The van der Waals surface area contributed by atoms with Crippen LogP contribution < -0.4 is 10.6 Å². The molecule has 2 aliphatic heterocycles. The molecule has 0 aromatic heterocycles. The second-order valence-corrected chi connectivity index (χ2v) is 6.45. The van der Waals surface area contributed by atoms with Crippen LogP contribution in [-0.2, 0) is 4.79 Å². The van der Waals surface area contributed by atoms with E-state index in [0.717, 1.165) is 19.3 Å². The maximum absolute atomic E-state index is 14.2. The summed E-state index contributed by atoms with van der Waals surface area (Å²) in [7, 11) is 0. The third kappa shape index (κ3) is 3.08. The SMILES string of the molecule is CC1CC(N)CCN1C(=O)c1cc(N2CCCC2=O)ccc1F. The van der Waals surface area contributed by atoms with Crippen LogP contribution in [0, 0.1) is 5.82 Å². The van der Waals surface area contributed by atoms with Crippen molar-refractivity contribution < 1.29 is 14.0 Å². The fraction of sp³-hybridized carbons (Fsp3) is 0.529. The van der Waals surface area contributed by atoms with Gasteiger partial charge in [-0.2, -0.15) is 0 Å². The summed E-state index contributed by atoms with van der Waals surface area (Å²) in [6.07, 6.45) is 2.74. The van der Waals surface area contributed by atoms with E-state index >= 15 is 0 Å². The largest absolute Gasteiger partial charge is 0.336 e. The predicted molar refractivity (Wildman–Crippen MR) is 85.7 cm³/mol. The number of nitrogens with zero attached hydrogens (tertiary/aromatic N) is 2. The van der Waals surface area contributed by atoms with Crippen molar-refractivity contribution >= 4 is 17.5 Å². The fourth-order valence-electron chi connectivity index (χ4n) is 3.43. The van der Waals surface area contributed by atoms with Gasteiger partial charge in [0.05, 0.1) is 5.56 Å². The van der Waals surface area contributed by atoms with Crippen molar-refractivity contribution in [3.05, 3.63) is 29.6 Å². The van der Waals surface area contributed by atoms with Crippen molar-refractivity contribution in [2.75, 3.05) is 18.0 Å². The van der Waals surface area contributed by atoms with Gasteiger partial charge in [0.1, 0.15) is 5.82 Å². The van der Waals surface area contributed by atoms with Crippen molar-refractivity contribution in [3.8, 4) is 0 Å². The summed E-state index contributed by atoms with van der Waals surface area (Å²) in [5.41, 5.74) is 6.55. The molecule has 0 saturated carbocycles. The molecule has 2 unspecified atom stereocenters. The summed E-state index contributed by atoms with van der Waals surface area (Å²) >= 11 is 0. The molecule has 0 radical (unpaired) electrons. The van der Waals surface area contributed by atoms with Gasteiger partial charge in [-0.05, 0) is 44.4 Å². The van der Waals surface area contributed by atoms with Gasteiger partial charge in [-0.25, -0.2) is 4.39 Å². The first-order valence-corrected chi connectivity index (χ1v) is 8.14. The lowest BCUT2D eigenvalue weighted by Gasteiger charge is -2.36. The van der Waals surface area contributed by atoms with Gasteiger partial charge >= 0.3 is 0 Å². The molecule has 2 N–H and O–H groups in total. The number of likely N-dealkylation sites (tertiary alicyclic amines) is 1. The highest BCUT2D eigenvalue weighted by Crippen LogP contribution is 2.26. The van der Waals surface area contributed by atoms with Crippen LogP contribution in [0.1, 0.15) is 43.0 Å². The smallest absolute Gasteiger partial charge is 0.257 e. The molecule has 5 nitrogen and oxygen atoms in total. The Bertz CT molecular complexity index is 634. The first-order valence-electron chi connectivity index (χ1n) is 8.14. The number of piperidine rings is 1. The van der Waals surface area contributed by atoms with Gasteiger partial charge < -0.3 is 15.5 Å². The molecule has 2 fully saturated rings. The van der Waals surface area contributed by atoms with Gasteiger partial charge in [-0.1, -0.05) is 0 Å². The van der Waals surface area contributed by atoms with Gasteiger partial charge in [0, 0.05) is 37.3 Å². The van der Waals surface area contributed by atoms with Crippen LogP contribution >= 0.6 is 0 Å². The van der Waals surface area contributed by atoms with E-state index in [0.29, 0.717) is 25.2 Å². The Hall–Kier alpha value is -1.95. The van der Waals surface area contributed by atoms with E-state index in [1.54, 1.807) is 15.9 Å². The van der Waals surface area contributed by atoms with E-state index in [9.17, 15) is 14.0 Å². The van der Waals surface area contributed by atoms with Crippen LogP contribution in [0.15, 0.2) is 18.2 Å². The molecular formula is C17H22FN3O2. The van der Waals surface area contributed by atoms with Crippen LogP contribution in [0.4, 0.5) is 10.1 Å². The Kier molecular flexibility index (Phi) is 4.35. The lowest BCUT2D eigenvalue weighted by molar-refractivity contribution is -0.117. The van der Waals surface area contributed by atoms with E-state index in [4.69, 9.17) is 5.73 Å². The second-order valence-electron chi connectivity index (χ2n) is 6.45. The van der Waals surface area contributed by atoms with Crippen LogP contribution in [0.3, 0.4) is 0 Å². The van der Waals surface area contributed by atoms with Crippen molar-refractivity contribution in [2.45, 2.75) is 44.7 Å². The average molecular weight is 319 g/mol. The monoisotopic (exact) mass is 319 g/mol. The molecule has 1 aromatic rings. The van der Waals surface area contributed by atoms with Gasteiger partial charge in [-0.3, -0.25) is 9.59 Å². The molecule has 2 atom stereocenters. The molecule has 2 aliphatic rings. The van der Waals surface area contributed by atoms with Gasteiger partial charge in [0.15, 0.2) is 0 Å². The summed E-state index contributed by atoms with van der Waals surface area (Å²) in [4.78, 5) is 27.9. The highest BCUT2D eigenvalue weighted by molar-refractivity contribution is 5.99.